The summed E-state index contributed by atoms with van der Waals surface area (Å²) in [6.45, 7) is 13.3. The van der Waals surface area contributed by atoms with Crippen molar-refractivity contribution in [3.63, 3.8) is 0 Å². The number of pyridine rings is 4. The Hall–Kier alpha value is -8.10. The van der Waals surface area contributed by atoms with Gasteiger partial charge in [0.25, 0.3) is 23.8 Å². The molecule has 8 aromatic rings. The second-order valence-electron chi connectivity index (χ2n) is 19.4. The molecule has 0 aromatic carbocycles. The number of ether oxygens (including phenoxy) is 3. The number of morpholine rings is 1. The number of carbonyl (C=O) groups is 2. The molecule has 0 aliphatic carbocycles. The van der Waals surface area contributed by atoms with Crippen LogP contribution in [0.1, 0.15) is 34.6 Å². The number of rotatable bonds is 18. The Morgan fingerprint density at radius 2 is 1.31 bits per heavy atom. The topological polar surface area (TPSA) is 253 Å². The summed E-state index contributed by atoms with van der Waals surface area (Å²) in [6.07, 6.45) is 7.12. The van der Waals surface area contributed by atoms with Gasteiger partial charge in [0.1, 0.15) is 30.0 Å². The summed E-state index contributed by atoms with van der Waals surface area (Å²) in [6, 6.07) is 15.5. The fourth-order valence-corrected chi connectivity index (χ4v) is 9.67. The lowest BCUT2D eigenvalue weighted by molar-refractivity contribution is 0.0763. The third-order valence-corrected chi connectivity index (χ3v) is 14.1. The fourth-order valence-electron chi connectivity index (χ4n) is 9.67. The Morgan fingerprint density at radius 1 is 0.688 bits per heavy atom. The van der Waals surface area contributed by atoms with Gasteiger partial charge in [-0.3, -0.25) is 24.1 Å². The molecule has 2 unspecified atom stereocenters. The Balaban J connectivity index is 0.728. The number of anilines is 6. The molecule has 0 radical (unpaired) electrons. The predicted molar refractivity (Wildman–Crippen MR) is 288 cm³/mol. The molecular weight excluding hydrogens is 989 g/mol. The van der Waals surface area contributed by atoms with Crippen LogP contribution < -0.4 is 30.7 Å². The van der Waals surface area contributed by atoms with Crippen LogP contribution in [0.2, 0.25) is 0 Å². The van der Waals surface area contributed by atoms with E-state index in [9.17, 15) is 9.59 Å². The number of aryl methyl sites for hydroxylation is 1. The number of likely N-dealkylation sites (N-methyl/N-ethyl adjacent to an activating group) is 1. The summed E-state index contributed by atoms with van der Waals surface area (Å²) >= 11 is 0. The molecule has 3 saturated heterocycles. The van der Waals surface area contributed by atoms with Crippen molar-refractivity contribution in [2.45, 2.75) is 32.7 Å². The molecule has 402 valence electrons. The minimum Gasteiger partial charge on any atom is -0.422 e. The van der Waals surface area contributed by atoms with Crippen LogP contribution in [0.3, 0.4) is 0 Å². The van der Waals surface area contributed by atoms with E-state index in [-0.39, 0.29) is 43.3 Å². The van der Waals surface area contributed by atoms with Gasteiger partial charge in [-0.2, -0.15) is 20.2 Å². The molecule has 3 fully saturated rings. The average Bonchev–Trinajstić information content (AvgIpc) is 4.29. The van der Waals surface area contributed by atoms with Crippen molar-refractivity contribution in [1.82, 2.24) is 59.3 Å². The number of hydrogen-bond acceptors (Lipinski definition) is 21. The van der Waals surface area contributed by atoms with Crippen molar-refractivity contribution < 1.29 is 32.6 Å². The molecule has 2 atom stereocenters. The molecule has 11 rings (SSSR count). The number of nitrogens with one attached hydrogen (secondary N) is 3. The van der Waals surface area contributed by atoms with Crippen LogP contribution in [0.4, 0.5) is 35.3 Å². The zero-order valence-corrected chi connectivity index (χ0v) is 43.8. The van der Waals surface area contributed by atoms with Crippen LogP contribution in [-0.2, 0) is 28.0 Å². The maximum Gasteiger partial charge on any atom is 0.300 e. The molecule has 8 aromatic heterocycles. The zero-order chi connectivity index (χ0) is 53.0. The molecule has 77 heavy (non-hydrogen) atoms. The second kappa shape index (κ2) is 22.6. The van der Waals surface area contributed by atoms with Crippen molar-refractivity contribution in [3.8, 4) is 22.5 Å². The van der Waals surface area contributed by atoms with Crippen LogP contribution >= 0.6 is 0 Å². The van der Waals surface area contributed by atoms with Crippen LogP contribution in [0, 0.1) is 0 Å². The van der Waals surface area contributed by atoms with Crippen molar-refractivity contribution in [3.05, 3.63) is 84.4 Å². The van der Waals surface area contributed by atoms with Crippen molar-refractivity contribution in [2.24, 2.45) is 7.05 Å². The largest absolute Gasteiger partial charge is 0.422 e. The van der Waals surface area contributed by atoms with Gasteiger partial charge in [-0.15, -0.1) is 0 Å². The van der Waals surface area contributed by atoms with Gasteiger partial charge in [0.15, 0.2) is 11.2 Å². The molecule has 3 N–H and O–H groups in total. The van der Waals surface area contributed by atoms with Gasteiger partial charge in [0.2, 0.25) is 11.3 Å². The van der Waals surface area contributed by atoms with Crippen LogP contribution in [-0.4, -0.2) is 189 Å². The molecule has 3 aliphatic heterocycles. The van der Waals surface area contributed by atoms with Crippen LogP contribution in [0.25, 0.3) is 45.0 Å². The standard InChI is InChI=1S/C52H62N18O7/c1-33-28-69(29-34(2)65(33)4)48-38(25-42-46(61-48)63-52(77-42)68-18-22-74-23-19-68)50(72)59-44-11-7-9-40(57-44)36-27-55-70(31-36)32-75-20-12-53-51-62-45-41(76-51)24-37(47(60-45)67-15-13-66(14-16-67)17-21-73-5)49(71)58-43-10-6-8-39(56-43)35-26-54-64(3)30-35/h6-11,24-27,30-31,33-34H,12-23,28-29,32H2,1-5H3,(H,53,60,62)(H,56,58,71)(H,57,59,72). The van der Waals surface area contributed by atoms with E-state index in [1.54, 1.807) is 53.1 Å². The second-order valence-corrected chi connectivity index (χ2v) is 19.4. The van der Waals surface area contributed by atoms with E-state index in [1.165, 1.54) is 0 Å². The van der Waals surface area contributed by atoms with Gasteiger partial charge in [-0.25, -0.2) is 24.6 Å². The molecule has 11 heterocycles. The number of fused-ring (bicyclic) bond motifs is 2. The maximum absolute atomic E-state index is 14.3. The van der Waals surface area contributed by atoms with Crippen LogP contribution in [0.15, 0.2) is 82.2 Å². The molecule has 0 saturated carbocycles. The van der Waals surface area contributed by atoms with Crippen LogP contribution in [0.5, 0.6) is 0 Å². The number of carbonyl (C=O) groups excluding carboxylic acids is 2. The highest BCUT2D eigenvalue weighted by atomic mass is 16.5. The highest BCUT2D eigenvalue weighted by molar-refractivity contribution is 6.09. The van der Waals surface area contributed by atoms with Gasteiger partial charge >= 0.3 is 0 Å². The minimum absolute atomic E-state index is 0.157. The highest BCUT2D eigenvalue weighted by Crippen LogP contribution is 2.32. The Kier molecular flexibility index (Phi) is 15.0. The Labute approximate surface area is 443 Å². The molecular formula is C52H62N18O7. The van der Waals surface area contributed by atoms with Gasteiger partial charge in [0, 0.05) is 127 Å². The van der Waals surface area contributed by atoms with E-state index in [1.807, 2.05) is 48.6 Å². The monoisotopic (exact) mass is 1050 g/mol. The van der Waals surface area contributed by atoms with E-state index >= 15 is 0 Å². The first kappa shape index (κ1) is 51.0. The smallest absolute Gasteiger partial charge is 0.300 e. The number of methoxy groups -OCH3 is 1. The van der Waals surface area contributed by atoms with E-state index < -0.39 is 0 Å². The first-order valence-corrected chi connectivity index (χ1v) is 25.8. The average molecular weight is 1050 g/mol. The lowest BCUT2D eigenvalue weighted by atomic mass is 10.1. The summed E-state index contributed by atoms with van der Waals surface area (Å²) < 4.78 is 32.5. The summed E-state index contributed by atoms with van der Waals surface area (Å²) in [5.41, 5.74) is 5.15. The lowest BCUT2D eigenvalue weighted by Crippen LogP contribution is -2.55. The summed E-state index contributed by atoms with van der Waals surface area (Å²) in [5, 5.41) is 17.9. The molecule has 2 amide bonds. The van der Waals surface area contributed by atoms with Gasteiger partial charge in [-0.1, -0.05) is 12.1 Å². The highest BCUT2D eigenvalue weighted by Gasteiger charge is 2.32. The lowest BCUT2D eigenvalue weighted by Gasteiger charge is -2.43. The number of aromatic nitrogens is 10. The number of nitrogens with zero attached hydrogens (tertiary/aromatic N) is 15. The van der Waals surface area contributed by atoms with E-state index in [0.717, 1.165) is 30.8 Å². The molecule has 25 nitrogen and oxygen atoms in total. The van der Waals surface area contributed by atoms with E-state index in [4.69, 9.17) is 43.0 Å². The minimum atomic E-state index is -0.378. The first-order valence-electron chi connectivity index (χ1n) is 25.8. The maximum atomic E-state index is 14.3. The van der Waals surface area contributed by atoms with E-state index in [0.29, 0.717) is 140 Å². The van der Waals surface area contributed by atoms with Gasteiger partial charge in [-0.05, 0) is 45.2 Å². The molecule has 0 bridgehead atoms. The zero-order valence-electron chi connectivity index (χ0n) is 43.8. The SMILES string of the molecule is COCCN1CCN(c2nc3nc(NCCOCn4cc(-c5cccc(NC(=O)c6cc7oc(N8CCOCC8)nc7nc6N6CC(C)N(C)C(C)C6)n5)cn4)oc3cc2C(=O)Nc2cccc(-c3cnn(C)c3)n2)CC1. The summed E-state index contributed by atoms with van der Waals surface area (Å²) in [4.78, 5) is 68.0. The van der Waals surface area contributed by atoms with Crippen molar-refractivity contribution in [2.75, 3.05) is 137 Å². The summed E-state index contributed by atoms with van der Waals surface area (Å²) in [5.74, 6) is 1.06. The third-order valence-electron chi connectivity index (χ3n) is 14.1. The summed E-state index contributed by atoms with van der Waals surface area (Å²) in [7, 11) is 5.66. The van der Waals surface area contributed by atoms with E-state index in [2.05, 4.69) is 76.6 Å². The van der Waals surface area contributed by atoms with Gasteiger partial charge < -0.3 is 53.7 Å². The van der Waals surface area contributed by atoms with Gasteiger partial charge in [0.05, 0.1) is 61.3 Å². The number of hydrogen-bond donors (Lipinski definition) is 3. The van der Waals surface area contributed by atoms with Crippen molar-refractivity contribution >= 4 is 69.6 Å². The first-order chi connectivity index (χ1) is 37.5. The molecule has 25 heteroatoms. The Morgan fingerprint density at radius 3 is 1.96 bits per heavy atom. The Bertz CT molecular complexity index is 3350. The fraction of sp³-hybridized carbons (Fsp3) is 0.423. The molecule has 0 spiro atoms. The predicted octanol–water partition coefficient (Wildman–Crippen LogP) is 4.54. The molecule has 3 aliphatic rings. The number of amides is 2. The number of piperazine rings is 2. The normalized spacial score (nSPS) is 17.6. The van der Waals surface area contributed by atoms with Crippen molar-refractivity contribution in [1.29, 1.82) is 0 Å². The quantitative estimate of drug-likeness (QED) is 0.0998. The third kappa shape index (κ3) is 11.5. The number of oxazole rings is 2.